The van der Waals surface area contributed by atoms with Gasteiger partial charge in [-0.15, -0.1) is 0 Å². The van der Waals surface area contributed by atoms with Crippen LogP contribution in [0.4, 0.5) is 0 Å². The van der Waals surface area contributed by atoms with Gasteiger partial charge in [-0.3, -0.25) is 9.59 Å². The molecule has 86 valence electrons. The van der Waals surface area contributed by atoms with Crippen molar-refractivity contribution in [3.63, 3.8) is 0 Å². The molecule has 1 N–H and O–H groups in total. The summed E-state index contributed by atoms with van der Waals surface area (Å²) in [6.07, 6.45) is 0.513. The molecule has 0 aliphatic carbocycles. The first-order valence-electron chi connectivity index (χ1n) is 5.42. The molecular formula is C11H19NO3. The summed E-state index contributed by atoms with van der Waals surface area (Å²) in [6, 6.07) is 0. The van der Waals surface area contributed by atoms with Crippen LogP contribution in [-0.2, 0) is 9.59 Å². The Morgan fingerprint density at radius 1 is 1.40 bits per heavy atom. The minimum atomic E-state index is -0.789. The standard InChI is InChI=1S/C11H19NO3/c1-7(2)4-10(13)12-5-8(3)9(6-12)11(14)15/h7-9H,4-6H2,1-3H3,(H,14,15)/t8-,9-/m1/s1. The van der Waals surface area contributed by atoms with Gasteiger partial charge in [0, 0.05) is 19.5 Å². The monoisotopic (exact) mass is 213 g/mol. The topological polar surface area (TPSA) is 57.6 Å². The summed E-state index contributed by atoms with van der Waals surface area (Å²) < 4.78 is 0. The van der Waals surface area contributed by atoms with Crippen LogP contribution in [0, 0.1) is 17.8 Å². The third-order valence-electron chi connectivity index (χ3n) is 2.87. The Labute approximate surface area is 90.3 Å². The lowest BCUT2D eigenvalue weighted by Crippen LogP contribution is -2.30. The number of aliphatic carboxylic acids is 1. The van der Waals surface area contributed by atoms with Crippen LogP contribution in [-0.4, -0.2) is 35.0 Å². The minimum Gasteiger partial charge on any atom is -0.481 e. The molecule has 0 radical (unpaired) electrons. The highest BCUT2D eigenvalue weighted by molar-refractivity contribution is 5.79. The zero-order valence-corrected chi connectivity index (χ0v) is 9.56. The van der Waals surface area contributed by atoms with Crippen LogP contribution in [0.5, 0.6) is 0 Å². The van der Waals surface area contributed by atoms with E-state index in [0.29, 0.717) is 25.4 Å². The van der Waals surface area contributed by atoms with Gasteiger partial charge in [-0.2, -0.15) is 0 Å². The molecule has 1 rings (SSSR count). The molecule has 0 aromatic heterocycles. The molecule has 0 saturated carbocycles. The van der Waals surface area contributed by atoms with Crippen LogP contribution in [0.2, 0.25) is 0 Å². The van der Waals surface area contributed by atoms with E-state index in [4.69, 9.17) is 5.11 Å². The van der Waals surface area contributed by atoms with Crippen LogP contribution in [0.3, 0.4) is 0 Å². The van der Waals surface area contributed by atoms with Crippen molar-refractivity contribution in [3.8, 4) is 0 Å². The average Bonchev–Trinajstić information content (AvgIpc) is 2.46. The number of carboxylic acid groups (broad SMARTS) is 1. The van der Waals surface area contributed by atoms with Gasteiger partial charge in [0.15, 0.2) is 0 Å². The third kappa shape index (κ3) is 2.94. The highest BCUT2D eigenvalue weighted by Crippen LogP contribution is 2.24. The number of carbonyl (C=O) groups is 2. The Hall–Kier alpha value is -1.06. The second-order valence-corrected chi connectivity index (χ2v) is 4.82. The first-order valence-corrected chi connectivity index (χ1v) is 5.42. The number of hydrogen-bond acceptors (Lipinski definition) is 2. The van der Waals surface area contributed by atoms with Crippen LogP contribution in [0.15, 0.2) is 0 Å². The maximum absolute atomic E-state index is 11.7. The molecule has 1 aliphatic heterocycles. The highest BCUT2D eigenvalue weighted by Gasteiger charge is 2.36. The molecule has 1 fully saturated rings. The summed E-state index contributed by atoms with van der Waals surface area (Å²) in [4.78, 5) is 24.3. The van der Waals surface area contributed by atoms with Crippen molar-refractivity contribution in [2.45, 2.75) is 27.2 Å². The quantitative estimate of drug-likeness (QED) is 0.766. The fourth-order valence-corrected chi connectivity index (χ4v) is 1.97. The third-order valence-corrected chi connectivity index (χ3v) is 2.87. The molecule has 0 aromatic rings. The van der Waals surface area contributed by atoms with Gasteiger partial charge in [0.05, 0.1) is 5.92 Å². The fourth-order valence-electron chi connectivity index (χ4n) is 1.97. The molecule has 0 spiro atoms. The molecule has 2 atom stereocenters. The lowest BCUT2D eigenvalue weighted by Gasteiger charge is -2.16. The number of likely N-dealkylation sites (tertiary alicyclic amines) is 1. The van der Waals surface area contributed by atoms with Crippen LogP contribution in [0.1, 0.15) is 27.2 Å². The van der Waals surface area contributed by atoms with Gasteiger partial charge in [-0.1, -0.05) is 20.8 Å². The molecule has 1 amide bonds. The predicted molar refractivity (Wildman–Crippen MR) is 56.3 cm³/mol. The Morgan fingerprint density at radius 2 is 2.00 bits per heavy atom. The largest absolute Gasteiger partial charge is 0.481 e. The maximum atomic E-state index is 11.7. The summed E-state index contributed by atoms with van der Waals surface area (Å²) >= 11 is 0. The van der Waals surface area contributed by atoms with E-state index in [-0.39, 0.29) is 17.7 Å². The number of carboxylic acids is 1. The second kappa shape index (κ2) is 4.64. The van der Waals surface area contributed by atoms with E-state index in [9.17, 15) is 9.59 Å². The van der Waals surface area contributed by atoms with Crippen molar-refractivity contribution < 1.29 is 14.7 Å². The maximum Gasteiger partial charge on any atom is 0.308 e. The van der Waals surface area contributed by atoms with Gasteiger partial charge in [0.25, 0.3) is 0 Å². The van der Waals surface area contributed by atoms with E-state index in [2.05, 4.69) is 0 Å². The Balaban J connectivity index is 2.54. The molecule has 4 nitrogen and oxygen atoms in total. The molecule has 0 aromatic carbocycles. The summed E-state index contributed by atoms with van der Waals surface area (Å²) in [7, 11) is 0. The molecular weight excluding hydrogens is 194 g/mol. The van der Waals surface area contributed by atoms with E-state index in [1.54, 1.807) is 4.90 Å². The van der Waals surface area contributed by atoms with Gasteiger partial charge in [0.2, 0.25) is 5.91 Å². The molecule has 15 heavy (non-hydrogen) atoms. The van der Waals surface area contributed by atoms with Crippen molar-refractivity contribution in [1.82, 2.24) is 4.90 Å². The fraction of sp³-hybridized carbons (Fsp3) is 0.818. The molecule has 1 aliphatic rings. The summed E-state index contributed by atoms with van der Waals surface area (Å²) in [5.41, 5.74) is 0. The number of carbonyl (C=O) groups excluding carboxylic acids is 1. The second-order valence-electron chi connectivity index (χ2n) is 4.82. The summed E-state index contributed by atoms with van der Waals surface area (Å²) in [5.74, 6) is -0.695. The van der Waals surface area contributed by atoms with Crippen LogP contribution < -0.4 is 0 Å². The number of amides is 1. The van der Waals surface area contributed by atoms with Gasteiger partial charge in [-0.25, -0.2) is 0 Å². The molecule has 1 heterocycles. The smallest absolute Gasteiger partial charge is 0.308 e. The summed E-state index contributed by atoms with van der Waals surface area (Å²) in [6.45, 7) is 6.84. The van der Waals surface area contributed by atoms with E-state index >= 15 is 0 Å². The van der Waals surface area contributed by atoms with Crippen molar-refractivity contribution in [2.75, 3.05) is 13.1 Å². The Kier molecular flexibility index (Phi) is 3.72. The first-order chi connectivity index (χ1) is 6.91. The van der Waals surface area contributed by atoms with E-state index in [1.165, 1.54) is 0 Å². The van der Waals surface area contributed by atoms with Gasteiger partial charge in [0.1, 0.15) is 0 Å². The van der Waals surface area contributed by atoms with Gasteiger partial charge in [-0.05, 0) is 11.8 Å². The van der Waals surface area contributed by atoms with E-state index in [0.717, 1.165) is 0 Å². The van der Waals surface area contributed by atoms with E-state index < -0.39 is 5.97 Å². The number of rotatable bonds is 3. The summed E-state index contributed by atoms with van der Waals surface area (Å²) in [5, 5.41) is 8.93. The molecule has 0 bridgehead atoms. The molecule has 1 saturated heterocycles. The number of hydrogen-bond donors (Lipinski definition) is 1. The van der Waals surface area contributed by atoms with Crippen molar-refractivity contribution in [2.24, 2.45) is 17.8 Å². The van der Waals surface area contributed by atoms with Crippen molar-refractivity contribution >= 4 is 11.9 Å². The number of nitrogens with zero attached hydrogens (tertiary/aromatic N) is 1. The SMILES string of the molecule is CC(C)CC(=O)N1C[C@@H](C)[C@H](C(=O)O)C1. The van der Waals surface area contributed by atoms with Crippen LogP contribution >= 0.6 is 0 Å². The normalized spacial score (nSPS) is 26.0. The highest BCUT2D eigenvalue weighted by atomic mass is 16.4. The van der Waals surface area contributed by atoms with Gasteiger partial charge < -0.3 is 10.0 Å². The van der Waals surface area contributed by atoms with Crippen molar-refractivity contribution in [3.05, 3.63) is 0 Å². The Bertz CT molecular complexity index is 263. The minimum absolute atomic E-state index is 0.0682. The van der Waals surface area contributed by atoms with Crippen LogP contribution in [0.25, 0.3) is 0 Å². The molecule has 4 heteroatoms. The zero-order chi connectivity index (χ0) is 11.6. The first kappa shape index (κ1) is 12.0. The predicted octanol–water partition coefficient (Wildman–Crippen LogP) is 1.21. The Morgan fingerprint density at radius 3 is 2.40 bits per heavy atom. The molecule has 0 unspecified atom stereocenters. The lowest BCUT2D eigenvalue weighted by atomic mass is 9.99. The van der Waals surface area contributed by atoms with Gasteiger partial charge >= 0.3 is 5.97 Å². The average molecular weight is 213 g/mol. The zero-order valence-electron chi connectivity index (χ0n) is 9.56. The lowest BCUT2D eigenvalue weighted by molar-refractivity contribution is -0.142. The van der Waals surface area contributed by atoms with Crippen molar-refractivity contribution in [1.29, 1.82) is 0 Å². The van der Waals surface area contributed by atoms with E-state index in [1.807, 2.05) is 20.8 Å².